The molecule has 1 fully saturated rings. The Morgan fingerprint density at radius 2 is 1.91 bits per heavy atom. The van der Waals surface area contributed by atoms with E-state index in [1.807, 2.05) is 6.92 Å². The molecule has 6 nitrogen and oxygen atoms in total. The number of hydrogen-bond donors (Lipinski definition) is 1. The molecule has 0 spiro atoms. The van der Waals surface area contributed by atoms with E-state index in [-0.39, 0.29) is 29.3 Å². The minimum Gasteiger partial charge on any atom is -0.491 e. The van der Waals surface area contributed by atoms with Crippen molar-refractivity contribution < 1.29 is 17.9 Å². The maximum atomic E-state index is 12.6. The van der Waals surface area contributed by atoms with Gasteiger partial charge in [0.05, 0.1) is 11.5 Å². The Morgan fingerprint density at radius 1 is 1.26 bits per heavy atom. The van der Waals surface area contributed by atoms with Crippen LogP contribution in [0.2, 0.25) is 0 Å². The summed E-state index contributed by atoms with van der Waals surface area (Å²) in [6.07, 6.45) is 0.693. The first-order valence-corrected chi connectivity index (χ1v) is 8.86. The third kappa shape index (κ3) is 5.06. The molecule has 2 N–H and O–H groups in total. The molecule has 0 aliphatic carbocycles. The summed E-state index contributed by atoms with van der Waals surface area (Å²) in [6, 6.07) is 6.57. The van der Waals surface area contributed by atoms with Gasteiger partial charge in [-0.05, 0) is 36.6 Å². The highest BCUT2D eigenvalue weighted by atomic mass is 35.5. The van der Waals surface area contributed by atoms with E-state index in [0.29, 0.717) is 38.5 Å². The van der Waals surface area contributed by atoms with E-state index >= 15 is 0 Å². The number of rotatable bonds is 6. The van der Waals surface area contributed by atoms with Crippen LogP contribution in [0.5, 0.6) is 5.75 Å². The second-order valence-corrected chi connectivity index (χ2v) is 7.54. The summed E-state index contributed by atoms with van der Waals surface area (Å²) in [5, 5.41) is 0. The molecule has 8 heteroatoms. The van der Waals surface area contributed by atoms with Crippen molar-refractivity contribution in [3.8, 4) is 5.75 Å². The minimum atomic E-state index is -3.46. The van der Waals surface area contributed by atoms with E-state index in [1.54, 1.807) is 31.4 Å². The van der Waals surface area contributed by atoms with Gasteiger partial charge in [-0.15, -0.1) is 12.4 Å². The number of nitrogens with two attached hydrogens (primary N) is 1. The molecule has 0 aromatic heterocycles. The normalized spacial score (nSPS) is 22.4. The Bertz CT molecular complexity index is 580. The smallest absolute Gasteiger partial charge is 0.243 e. The monoisotopic (exact) mass is 364 g/mol. The molecule has 1 aromatic rings. The molecule has 0 amide bonds. The number of sulfonamides is 1. The Labute approximate surface area is 144 Å². The molecule has 1 aromatic carbocycles. The van der Waals surface area contributed by atoms with Crippen LogP contribution in [0.3, 0.4) is 0 Å². The fourth-order valence-corrected chi connectivity index (χ4v) is 4.00. The summed E-state index contributed by atoms with van der Waals surface area (Å²) in [4.78, 5) is 0.286. The van der Waals surface area contributed by atoms with Crippen LogP contribution in [0.15, 0.2) is 29.2 Å². The molecular formula is C15H25ClN2O4S. The summed E-state index contributed by atoms with van der Waals surface area (Å²) in [6.45, 7) is 3.85. The lowest BCUT2D eigenvalue weighted by atomic mass is 9.96. The standard InChI is InChI=1S/C15H24N2O4S.ClH/c1-12-11-17(8-7-15(12)16)22(18,19)14-5-3-13(4-6-14)21-10-9-20-2;/h3-6,12,15H,7-11,16H2,1-2H3;1H. The summed E-state index contributed by atoms with van der Waals surface area (Å²) in [5.74, 6) is 0.796. The van der Waals surface area contributed by atoms with Crippen molar-refractivity contribution >= 4 is 22.4 Å². The van der Waals surface area contributed by atoms with Crippen LogP contribution in [0.25, 0.3) is 0 Å². The van der Waals surface area contributed by atoms with Crippen LogP contribution in [0.1, 0.15) is 13.3 Å². The number of hydrogen-bond acceptors (Lipinski definition) is 5. The van der Waals surface area contributed by atoms with Crippen molar-refractivity contribution in [3.63, 3.8) is 0 Å². The molecule has 2 unspecified atom stereocenters. The predicted octanol–water partition coefficient (Wildman–Crippen LogP) is 1.49. The van der Waals surface area contributed by atoms with Crippen LogP contribution in [0.4, 0.5) is 0 Å². The molecule has 1 heterocycles. The minimum absolute atomic E-state index is 0. The Hall–Kier alpha value is -0.860. The Morgan fingerprint density at radius 3 is 2.48 bits per heavy atom. The van der Waals surface area contributed by atoms with E-state index in [1.165, 1.54) is 4.31 Å². The van der Waals surface area contributed by atoms with Gasteiger partial charge in [-0.1, -0.05) is 6.92 Å². The van der Waals surface area contributed by atoms with Gasteiger partial charge in [0.2, 0.25) is 10.0 Å². The van der Waals surface area contributed by atoms with Gasteiger partial charge in [-0.2, -0.15) is 4.31 Å². The zero-order chi connectivity index (χ0) is 16.2. The van der Waals surface area contributed by atoms with Crippen molar-refractivity contribution in [2.45, 2.75) is 24.3 Å². The zero-order valence-electron chi connectivity index (χ0n) is 13.5. The molecule has 0 saturated carbocycles. The quantitative estimate of drug-likeness (QED) is 0.773. The average molecular weight is 365 g/mol. The van der Waals surface area contributed by atoms with E-state index < -0.39 is 10.0 Å². The molecule has 1 saturated heterocycles. The van der Waals surface area contributed by atoms with Gasteiger partial charge in [0, 0.05) is 26.2 Å². The molecule has 132 valence electrons. The first-order chi connectivity index (χ1) is 10.4. The van der Waals surface area contributed by atoms with Gasteiger partial charge in [0.1, 0.15) is 12.4 Å². The lowest BCUT2D eigenvalue weighted by Crippen LogP contribution is -2.48. The van der Waals surface area contributed by atoms with Gasteiger partial charge in [-0.25, -0.2) is 8.42 Å². The Kier molecular flexibility index (Phi) is 7.76. The molecule has 23 heavy (non-hydrogen) atoms. The van der Waals surface area contributed by atoms with E-state index in [9.17, 15) is 8.42 Å². The summed E-state index contributed by atoms with van der Waals surface area (Å²) < 4.78 is 37.1. The predicted molar refractivity (Wildman–Crippen MR) is 91.6 cm³/mol. The first-order valence-electron chi connectivity index (χ1n) is 7.42. The van der Waals surface area contributed by atoms with Crippen molar-refractivity contribution in [1.82, 2.24) is 4.31 Å². The van der Waals surface area contributed by atoms with Crippen molar-refractivity contribution in [2.75, 3.05) is 33.4 Å². The molecule has 0 bridgehead atoms. The van der Waals surface area contributed by atoms with Gasteiger partial charge < -0.3 is 15.2 Å². The number of piperidine rings is 1. The molecule has 0 radical (unpaired) electrons. The third-order valence-electron chi connectivity index (χ3n) is 3.95. The second kappa shape index (κ2) is 8.84. The summed E-state index contributed by atoms with van der Waals surface area (Å²) >= 11 is 0. The van der Waals surface area contributed by atoms with Gasteiger partial charge >= 0.3 is 0 Å². The topological polar surface area (TPSA) is 81.9 Å². The zero-order valence-corrected chi connectivity index (χ0v) is 15.1. The summed E-state index contributed by atoms with van der Waals surface area (Å²) in [5.41, 5.74) is 5.95. The number of halogens is 1. The van der Waals surface area contributed by atoms with Gasteiger partial charge in [-0.3, -0.25) is 0 Å². The van der Waals surface area contributed by atoms with Crippen LogP contribution in [0, 0.1) is 5.92 Å². The number of ether oxygens (including phenoxy) is 2. The molecule has 1 aliphatic rings. The van der Waals surface area contributed by atoms with E-state index in [4.69, 9.17) is 15.2 Å². The number of nitrogens with zero attached hydrogens (tertiary/aromatic N) is 1. The molecule has 2 rings (SSSR count). The molecule has 1 aliphatic heterocycles. The van der Waals surface area contributed by atoms with Crippen LogP contribution >= 0.6 is 12.4 Å². The highest BCUT2D eigenvalue weighted by Gasteiger charge is 2.31. The largest absolute Gasteiger partial charge is 0.491 e. The van der Waals surface area contributed by atoms with E-state index in [2.05, 4.69) is 0 Å². The highest BCUT2D eigenvalue weighted by molar-refractivity contribution is 7.89. The van der Waals surface area contributed by atoms with Crippen molar-refractivity contribution in [2.24, 2.45) is 11.7 Å². The number of benzene rings is 1. The van der Waals surface area contributed by atoms with Crippen LogP contribution in [-0.4, -0.2) is 52.2 Å². The van der Waals surface area contributed by atoms with Crippen molar-refractivity contribution in [1.29, 1.82) is 0 Å². The van der Waals surface area contributed by atoms with E-state index in [0.717, 1.165) is 0 Å². The Balaban J connectivity index is 0.00000264. The molecular weight excluding hydrogens is 340 g/mol. The molecule has 2 atom stereocenters. The maximum Gasteiger partial charge on any atom is 0.243 e. The fourth-order valence-electron chi connectivity index (χ4n) is 2.44. The average Bonchev–Trinajstić information content (AvgIpc) is 2.51. The fraction of sp³-hybridized carbons (Fsp3) is 0.600. The first kappa shape index (κ1) is 20.2. The highest BCUT2D eigenvalue weighted by Crippen LogP contribution is 2.24. The SMILES string of the molecule is COCCOc1ccc(S(=O)(=O)N2CCC(N)C(C)C2)cc1.Cl. The lowest BCUT2D eigenvalue weighted by Gasteiger charge is -2.34. The maximum absolute atomic E-state index is 12.6. The van der Waals surface area contributed by atoms with Crippen molar-refractivity contribution in [3.05, 3.63) is 24.3 Å². The summed E-state index contributed by atoms with van der Waals surface area (Å²) in [7, 11) is -1.86. The number of methoxy groups -OCH3 is 1. The lowest BCUT2D eigenvalue weighted by molar-refractivity contribution is 0.146. The van der Waals surface area contributed by atoms with Crippen LogP contribution in [-0.2, 0) is 14.8 Å². The van der Waals surface area contributed by atoms with Gasteiger partial charge in [0.25, 0.3) is 0 Å². The van der Waals surface area contributed by atoms with Gasteiger partial charge in [0.15, 0.2) is 0 Å². The third-order valence-corrected chi connectivity index (χ3v) is 5.83. The van der Waals surface area contributed by atoms with Crippen LogP contribution < -0.4 is 10.5 Å². The second-order valence-electron chi connectivity index (χ2n) is 5.61.